The summed E-state index contributed by atoms with van der Waals surface area (Å²) < 4.78 is 53.4. The highest BCUT2D eigenvalue weighted by Crippen LogP contribution is 2.46. The molecule has 1 aromatic rings. The van der Waals surface area contributed by atoms with Crippen LogP contribution in [0.4, 0.5) is 9.18 Å². The van der Waals surface area contributed by atoms with Gasteiger partial charge in [-0.2, -0.15) is 0 Å². The van der Waals surface area contributed by atoms with E-state index >= 15 is 0 Å². The van der Waals surface area contributed by atoms with E-state index in [1.54, 1.807) is 39.0 Å². The molecule has 0 bridgehead atoms. The van der Waals surface area contributed by atoms with E-state index in [9.17, 15) is 36.8 Å². The van der Waals surface area contributed by atoms with E-state index in [2.05, 4.69) is 15.4 Å². The zero-order chi connectivity index (χ0) is 36.7. The maximum absolute atomic E-state index is 14.4. The van der Waals surface area contributed by atoms with Gasteiger partial charge in [-0.25, -0.2) is 17.6 Å². The summed E-state index contributed by atoms with van der Waals surface area (Å²) >= 11 is 0. The molecule has 2 saturated carbocycles. The van der Waals surface area contributed by atoms with Crippen LogP contribution < -0.4 is 15.4 Å². The van der Waals surface area contributed by atoms with Gasteiger partial charge in [-0.15, -0.1) is 0 Å². The molecule has 4 amide bonds. The SMILES string of the molecule is CC(C)(C)OC(=O)C[C@H]1CCNCC/C=C\[C@@H]2C[C@@]2(C(=O)NS(=O)(=O)C2CC2)NC(=O)[C@@H]2C[C@@H](OC(=O)N3Cc4cccc(F)c4C3)CN2C1=O. The zero-order valence-corrected chi connectivity index (χ0v) is 29.9. The summed E-state index contributed by atoms with van der Waals surface area (Å²) in [7, 11) is -3.92. The highest BCUT2D eigenvalue weighted by Gasteiger charge is 2.62. The lowest BCUT2D eigenvalue weighted by Crippen LogP contribution is -2.57. The summed E-state index contributed by atoms with van der Waals surface area (Å²) in [5.41, 5.74) is -1.31. The van der Waals surface area contributed by atoms with Crippen molar-refractivity contribution >= 4 is 39.8 Å². The highest BCUT2D eigenvalue weighted by atomic mass is 32.2. The molecular formula is C35H46FN5O9S. The number of esters is 1. The Morgan fingerprint density at radius 2 is 1.86 bits per heavy atom. The van der Waals surface area contributed by atoms with Crippen LogP contribution in [0.3, 0.4) is 0 Å². The molecule has 14 nitrogen and oxygen atoms in total. The van der Waals surface area contributed by atoms with Gasteiger partial charge in [-0.05, 0) is 77.6 Å². The first-order valence-electron chi connectivity index (χ1n) is 17.6. The van der Waals surface area contributed by atoms with Crippen LogP contribution in [-0.2, 0) is 51.8 Å². The van der Waals surface area contributed by atoms with Crippen LogP contribution >= 0.6 is 0 Å². The van der Waals surface area contributed by atoms with Crippen LogP contribution in [0.2, 0.25) is 0 Å². The van der Waals surface area contributed by atoms with Crippen LogP contribution in [-0.4, -0.2) is 96.2 Å². The molecule has 0 unspecified atom stereocenters. The third kappa shape index (κ3) is 8.37. The number of hydrogen-bond donors (Lipinski definition) is 3. The summed E-state index contributed by atoms with van der Waals surface area (Å²) in [6, 6.07) is 3.39. The average Bonchev–Trinajstić information content (AvgIpc) is 3.93. The standard InChI is InChI=1S/C35H46FN5O9S/c1-34(2,3)50-29(42)15-21-12-14-37-13-5-4-8-23-17-35(23,32(45)39-51(47,48)25-10-11-25)38-30(43)28-16-24(19-41(28)31(21)44)49-33(46)40-18-22-7-6-9-27(36)26(22)20-40/h4,6-9,21,23-25,28,37H,5,10-20H2,1-3H3,(H,38,43)(H,39,45)/b8-4-/t21-,23-,24-,28+,35-/m1/s1. The number of ether oxygens (including phenoxy) is 2. The molecule has 2 aliphatic carbocycles. The van der Waals surface area contributed by atoms with Gasteiger partial charge in [0.2, 0.25) is 21.8 Å². The Morgan fingerprint density at radius 1 is 1.10 bits per heavy atom. The highest BCUT2D eigenvalue weighted by molar-refractivity contribution is 7.91. The maximum atomic E-state index is 14.4. The molecule has 1 saturated heterocycles. The minimum atomic E-state index is -3.92. The normalized spacial score (nSPS) is 29.0. The molecule has 5 atom stereocenters. The van der Waals surface area contributed by atoms with Crippen molar-refractivity contribution in [3.63, 3.8) is 0 Å². The number of nitrogens with zero attached hydrogens (tertiary/aromatic N) is 2. The van der Waals surface area contributed by atoms with Crippen molar-refractivity contribution in [1.82, 2.24) is 25.2 Å². The van der Waals surface area contributed by atoms with Gasteiger partial charge >= 0.3 is 12.1 Å². The van der Waals surface area contributed by atoms with Crippen LogP contribution in [0.25, 0.3) is 0 Å². The van der Waals surface area contributed by atoms with Crippen molar-refractivity contribution in [2.24, 2.45) is 11.8 Å². The number of carbonyl (C=O) groups is 5. The lowest BCUT2D eigenvalue weighted by Gasteiger charge is -2.30. The van der Waals surface area contributed by atoms with Crippen molar-refractivity contribution in [2.45, 2.75) is 107 Å². The Labute approximate surface area is 296 Å². The molecule has 0 radical (unpaired) electrons. The number of nitrogens with one attached hydrogen (secondary N) is 3. The van der Waals surface area contributed by atoms with Crippen LogP contribution in [0.1, 0.15) is 76.8 Å². The molecule has 6 rings (SSSR count). The van der Waals surface area contributed by atoms with Gasteiger partial charge in [-0.3, -0.25) is 28.8 Å². The smallest absolute Gasteiger partial charge is 0.410 e. The average molecular weight is 732 g/mol. The summed E-state index contributed by atoms with van der Waals surface area (Å²) in [4.78, 5) is 71.0. The van der Waals surface area contributed by atoms with Crippen LogP contribution in [0.5, 0.6) is 0 Å². The van der Waals surface area contributed by atoms with Gasteiger partial charge in [-0.1, -0.05) is 24.3 Å². The van der Waals surface area contributed by atoms with E-state index < -0.39 is 86.0 Å². The van der Waals surface area contributed by atoms with Gasteiger partial charge in [0.15, 0.2) is 0 Å². The van der Waals surface area contributed by atoms with Gasteiger partial charge in [0.05, 0.1) is 24.8 Å². The van der Waals surface area contributed by atoms with Crippen molar-refractivity contribution in [1.29, 1.82) is 0 Å². The van der Waals surface area contributed by atoms with E-state index in [0.717, 1.165) is 0 Å². The maximum Gasteiger partial charge on any atom is 0.410 e. The fourth-order valence-corrected chi connectivity index (χ4v) is 8.41. The lowest BCUT2D eigenvalue weighted by atomic mass is 9.98. The Morgan fingerprint density at radius 3 is 2.57 bits per heavy atom. The molecule has 3 N–H and O–H groups in total. The van der Waals surface area contributed by atoms with Gasteiger partial charge in [0.25, 0.3) is 5.91 Å². The van der Waals surface area contributed by atoms with Crippen LogP contribution in [0, 0.1) is 17.7 Å². The fraction of sp³-hybridized carbons (Fsp3) is 0.629. The Hall–Kier alpha value is -4.05. The predicted molar refractivity (Wildman–Crippen MR) is 180 cm³/mol. The summed E-state index contributed by atoms with van der Waals surface area (Å²) in [6.07, 6.45) is 3.46. The number of rotatable bonds is 6. The number of hydrogen-bond acceptors (Lipinski definition) is 10. The predicted octanol–water partition coefficient (Wildman–Crippen LogP) is 2.02. The van der Waals surface area contributed by atoms with Crippen LogP contribution in [0.15, 0.2) is 30.4 Å². The Kier molecular flexibility index (Phi) is 10.2. The molecular weight excluding hydrogens is 685 g/mol. The third-order valence-electron chi connectivity index (χ3n) is 9.97. The molecule has 0 aromatic heterocycles. The minimum Gasteiger partial charge on any atom is -0.460 e. The zero-order valence-electron chi connectivity index (χ0n) is 29.1. The topological polar surface area (TPSA) is 181 Å². The van der Waals surface area contributed by atoms with Crippen molar-refractivity contribution < 1.29 is 46.3 Å². The minimum absolute atomic E-state index is 0.00137. The molecule has 16 heteroatoms. The summed E-state index contributed by atoms with van der Waals surface area (Å²) in [5, 5.41) is 5.39. The molecule has 278 valence electrons. The molecule has 3 fully saturated rings. The second kappa shape index (κ2) is 14.2. The third-order valence-corrected chi connectivity index (χ3v) is 11.8. The van der Waals surface area contributed by atoms with Gasteiger partial charge in [0, 0.05) is 30.4 Å². The summed E-state index contributed by atoms with van der Waals surface area (Å²) in [5.74, 6) is -4.47. The van der Waals surface area contributed by atoms with Gasteiger partial charge < -0.3 is 25.0 Å². The van der Waals surface area contributed by atoms with Crippen molar-refractivity contribution in [3.8, 4) is 0 Å². The van der Waals surface area contributed by atoms with Crippen molar-refractivity contribution in [2.75, 3.05) is 19.6 Å². The first-order chi connectivity index (χ1) is 24.1. The molecule has 3 aliphatic heterocycles. The van der Waals surface area contributed by atoms with E-state index in [4.69, 9.17) is 9.47 Å². The molecule has 1 aromatic carbocycles. The number of halogens is 1. The summed E-state index contributed by atoms with van der Waals surface area (Å²) in [6.45, 7) is 6.04. The first kappa shape index (κ1) is 36.7. The van der Waals surface area contributed by atoms with E-state index in [1.165, 1.54) is 15.9 Å². The van der Waals surface area contributed by atoms with E-state index in [-0.39, 0.29) is 45.3 Å². The largest absolute Gasteiger partial charge is 0.460 e. The van der Waals surface area contributed by atoms with E-state index in [0.29, 0.717) is 43.5 Å². The lowest BCUT2D eigenvalue weighted by molar-refractivity contribution is -0.159. The molecule has 0 spiro atoms. The van der Waals surface area contributed by atoms with Gasteiger partial charge in [0.1, 0.15) is 29.1 Å². The second-order valence-corrected chi connectivity index (χ2v) is 17.1. The monoisotopic (exact) mass is 731 g/mol. The first-order valence-corrected chi connectivity index (χ1v) is 19.1. The number of amides is 4. The number of benzene rings is 1. The number of fused-ring (bicyclic) bond motifs is 3. The quantitative estimate of drug-likeness (QED) is 0.290. The molecule has 3 heterocycles. The number of carbonyl (C=O) groups excluding carboxylic acids is 5. The Balaban J connectivity index is 1.25. The number of sulfonamides is 1. The fourth-order valence-electron chi connectivity index (χ4n) is 7.05. The van der Waals surface area contributed by atoms with Crippen molar-refractivity contribution in [3.05, 3.63) is 47.3 Å². The second-order valence-electron chi connectivity index (χ2n) is 15.2. The molecule has 51 heavy (non-hydrogen) atoms. The van der Waals surface area contributed by atoms with E-state index in [1.807, 2.05) is 6.08 Å². The molecule has 5 aliphatic rings. The Bertz CT molecular complexity index is 1730.